The van der Waals surface area contributed by atoms with Gasteiger partial charge in [-0.05, 0) is 73.6 Å². The highest BCUT2D eigenvalue weighted by Crippen LogP contribution is 2.29. The van der Waals surface area contributed by atoms with Crippen molar-refractivity contribution >= 4 is 58.0 Å². The molecule has 0 radical (unpaired) electrons. The maximum Gasteiger partial charge on any atom is 0.209 e. The van der Waals surface area contributed by atoms with Gasteiger partial charge >= 0.3 is 0 Å². The van der Waals surface area contributed by atoms with Crippen molar-refractivity contribution in [3.05, 3.63) is 115 Å². The van der Waals surface area contributed by atoms with Crippen molar-refractivity contribution in [1.29, 1.82) is 0 Å². The standard InChI is InChI=1S/C32H28N6OS/c39-29-22-28(36-20-10-11-21-36)19-18-24(29)23-33-38-31(35-26-14-6-2-7-15-26)30(34-25-12-4-1-5-13-25)37(32(38)40)27-16-8-3-9-17-27/h1-9,12-19,22-23,39H,10-11,20-21H2/b33-23+,34-30?,35-31?. The van der Waals surface area contributed by atoms with E-state index in [1.54, 1.807) is 17.3 Å². The number of phenolic OH excluding ortho intramolecular Hbond substituents is 1. The highest BCUT2D eigenvalue weighted by Gasteiger charge is 2.39. The van der Waals surface area contributed by atoms with Gasteiger partial charge < -0.3 is 10.0 Å². The van der Waals surface area contributed by atoms with Crippen LogP contribution >= 0.6 is 12.2 Å². The van der Waals surface area contributed by atoms with Crippen LogP contribution in [0.3, 0.4) is 0 Å². The van der Waals surface area contributed by atoms with Crippen LogP contribution in [-0.2, 0) is 0 Å². The van der Waals surface area contributed by atoms with Crippen molar-refractivity contribution in [2.45, 2.75) is 12.8 Å². The fourth-order valence-electron chi connectivity index (χ4n) is 4.76. The van der Waals surface area contributed by atoms with Crippen molar-refractivity contribution in [2.24, 2.45) is 15.1 Å². The van der Waals surface area contributed by atoms with Gasteiger partial charge in [-0.1, -0.05) is 54.6 Å². The number of benzene rings is 4. The van der Waals surface area contributed by atoms with Crippen molar-refractivity contribution < 1.29 is 5.11 Å². The SMILES string of the molecule is Oc1cc(N2CCCC2)ccc1/C=N/N1C(=S)N(c2ccccc2)C(=Nc2ccccc2)C1=Nc1ccccc1. The zero-order valence-corrected chi connectivity index (χ0v) is 22.7. The second-order valence-electron chi connectivity index (χ2n) is 9.49. The summed E-state index contributed by atoms with van der Waals surface area (Å²) in [5.41, 5.74) is 3.96. The van der Waals surface area contributed by atoms with E-state index < -0.39 is 0 Å². The van der Waals surface area contributed by atoms with Gasteiger partial charge in [0.25, 0.3) is 0 Å². The molecule has 8 heteroatoms. The summed E-state index contributed by atoms with van der Waals surface area (Å²) in [6, 6.07) is 34.9. The molecule has 7 nitrogen and oxygen atoms in total. The summed E-state index contributed by atoms with van der Waals surface area (Å²) in [4.78, 5) is 14.1. The summed E-state index contributed by atoms with van der Waals surface area (Å²) in [6.45, 7) is 2.01. The molecule has 0 unspecified atom stereocenters. The third kappa shape index (κ3) is 5.34. The van der Waals surface area contributed by atoms with Gasteiger partial charge in [-0.3, -0.25) is 4.90 Å². The summed E-state index contributed by atoms with van der Waals surface area (Å²) >= 11 is 5.98. The number of hydrogen-bond donors (Lipinski definition) is 1. The van der Waals surface area contributed by atoms with Crippen LogP contribution in [0.15, 0.2) is 124 Å². The highest BCUT2D eigenvalue weighted by molar-refractivity contribution is 7.80. The van der Waals surface area contributed by atoms with Gasteiger partial charge in [0, 0.05) is 30.4 Å². The molecular weight excluding hydrogens is 516 g/mol. The Bertz CT molecular complexity index is 1580. The van der Waals surface area contributed by atoms with Gasteiger partial charge in [0.15, 0.2) is 5.84 Å². The summed E-state index contributed by atoms with van der Waals surface area (Å²) in [5, 5.41) is 17.6. The number of aromatic hydroxyl groups is 1. The molecule has 0 spiro atoms. The summed E-state index contributed by atoms with van der Waals surface area (Å²) in [5.74, 6) is 1.20. The Morgan fingerprint density at radius 1 is 0.675 bits per heavy atom. The first kappa shape index (κ1) is 25.5. The number of thiocarbonyl (C=S) groups is 1. The van der Waals surface area contributed by atoms with Crippen LogP contribution in [0, 0.1) is 0 Å². The third-order valence-corrected chi connectivity index (χ3v) is 7.13. The Labute approximate surface area is 239 Å². The summed E-state index contributed by atoms with van der Waals surface area (Å²) in [6.07, 6.45) is 3.96. The number of para-hydroxylation sites is 3. The molecule has 4 aromatic rings. The first-order chi connectivity index (χ1) is 19.7. The van der Waals surface area contributed by atoms with E-state index in [2.05, 4.69) is 4.90 Å². The fraction of sp³-hybridized carbons (Fsp3) is 0.125. The molecule has 0 atom stereocenters. The van der Waals surface area contributed by atoms with Crippen molar-refractivity contribution in [3.63, 3.8) is 0 Å². The molecule has 2 aliphatic heterocycles. The van der Waals surface area contributed by atoms with E-state index in [1.807, 2.05) is 108 Å². The first-order valence-corrected chi connectivity index (χ1v) is 13.7. The van der Waals surface area contributed by atoms with E-state index in [0.29, 0.717) is 22.3 Å². The Morgan fingerprint density at radius 2 is 1.25 bits per heavy atom. The molecule has 2 heterocycles. The number of anilines is 2. The largest absolute Gasteiger partial charge is 0.507 e. The molecule has 0 amide bonds. The van der Waals surface area contributed by atoms with E-state index in [4.69, 9.17) is 27.3 Å². The van der Waals surface area contributed by atoms with Crippen LogP contribution in [-0.4, -0.2) is 46.2 Å². The molecule has 0 bridgehead atoms. The van der Waals surface area contributed by atoms with Crippen LogP contribution in [0.2, 0.25) is 0 Å². The lowest BCUT2D eigenvalue weighted by atomic mass is 10.2. The lowest BCUT2D eigenvalue weighted by Crippen LogP contribution is -2.31. The average molecular weight is 545 g/mol. The van der Waals surface area contributed by atoms with Gasteiger partial charge in [-0.25, -0.2) is 9.98 Å². The molecule has 198 valence electrons. The molecule has 2 saturated heterocycles. The van der Waals surface area contributed by atoms with Gasteiger partial charge in [0.2, 0.25) is 10.9 Å². The third-order valence-electron chi connectivity index (χ3n) is 6.78. The maximum absolute atomic E-state index is 10.8. The van der Waals surface area contributed by atoms with Crippen LogP contribution in [0.5, 0.6) is 5.75 Å². The minimum absolute atomic E-state index is 0.165. The van der Waals surface area contributed by atoms with Crippen molar-refractivity contribution in [1.82, 2.24) is 5.01 Å². The first-order valence-electron chi connectivity index (χ1n) is 13.3. The molecule has 2 aliphatic rings. The lowest BCUT2D eigenvalue weighted by molar-refractivity contribution is 0.474. The Hall–Kier alpha value is -4.82. The predicted molar refractivity (Wildman–Crippen MR) is 168 cm³/mol. The Morgan fingerprint density at radius 3 is 1.85 bits per heavy atom. The number of amidine groups is 2. The highest BCUT2D eigenvalue weighted by atomic mass is 32.1. The number of nitrogens with zero attached hydrogens (tertiary/aromatic N) is 6. The molecule has 4 aromatic carbocycles. The fourth-order valence-corrected chi connectivity index (χ4v) is 5.09. The monoisotopic (exact) mass is 544 g/mol. The minimum atomic E-state index is 0.165. The van der Waals surface area contributed by atoms with E-state index in [1.165, 1.54) is 12.8 Å². The molecule has 0 aliphatic carbocycles. The molecule has 0 aromatic heterocycles. The summed E-state index contributed by atoms with van der Waals surface area (Å²) < 4.78 is 0. The van der Waals surface area contributed by atoms with Gasteiger partial charge in [0.1, 0.15) is 5.75 Å². The Kier molecular flexibility index (Phi) is 7.32. The maximum atomic E-state index is 10.8. The number of aliphatic imine (C=N–C) groups is 2. The zero-order valence-electron chi connectivity index (χ0n) is 21.8. The second kappa shape index (κ2) is 11.5. The van der Waals surface area contributed by atoms with Gasteiger partial charge in [-0.2, -0.15) is 10.1 Å². The number of hydrazone groups is 1. The number of hydrogen-bond acceptors (Lipinski definition) is 6. The van der Waals surface area contributed by atoms with Crippen LogP contribution in [0.1, 0.15) is 18.4 Å². The molecule has 40 heavy (non-hydrogen) atoms. The van der Waals surface area contributed by atoms with Crippen molar-refractivity contribution in [2.75, 3.05) is 22.9 Å². The van der Waals surface area contributed by atoms with Crippen molar-refractivity contribution in [3.8, 4) is 5.75 Å². The zero-order chi connectivity index (χ0) is 27.3. The molecular formula is C32H28N6OS. The topological polar surface area (TPSA) is 67.0 Å². The van der Waals surface area contributed by atoms with Crippen LogP contribution in [0.4, 0.5) is 22.7 Å². The number of phenols is 1. The van der Waals surface area contributed by atoms with Gasteiger partial charge in [0.05, 0.1) is 23.3 Å². The molecule has 6 rings (SSSR count). The van der Waals surface area contributed by atoms with E-state index in [9.17, 15) is 5.11 Å². The summed E-state index contributed by atoms with van der Waals surface area (Å²) in [7, 11) is 0. The van der Waals surface area contributed by atoms with E-state index in [0.717, 1.165) is 35.8 Å². The molecule has 0 saturated carbocycles. The van der Waals surface area contributed by atoms with E-state index in [-0.39, 0.29) is 5.75 Å². The minimum Gasteiger partial charge on any atom is -0.507 e. The lowest BCUT2D eigenvalue weighted by Gasteiger charge is -2.18. The average Bonchev–Trinajstić information content (AvgIpc) is 3.61. The quantitative estimate of drug-likeness (QED) is 0.211. The number of rotatable bonds is 6. The Balaban J connectivity index is 1.44. The van der Waals surface area contributed by atoms with Crippen LogP contribution in [0.25, 0.3) is 0 Å². The smallest absolute Gasteiger partial charge is 0.209 e. The van der Waals surface area contributed by atoms with E-state index >= 15 is 0 Å². The predicted octanol–water partition coefficient (Wildman–Crippen LogP) is 6.89. The molecule has 2 fully saturated rings. The molecule has 1 N–H and O–H groups in total. The second-order valence-corrected chi connectivity index (χ2v) is 9.85. The normalized spacial score (nSPS) is 17.6. The van der Waals surface area contributed by atoms with Gasteiger partial charge in [-0.15, -0.1) is 0 Å². The van der Waals surface area contributed by atoms with Crippen LogP contribution < -0.4 is 9.80 Å².